The van der Waals surface area contributed by atoms with Crippen molar-refractivity contribution >= 4 is 22.2 Å². The number of benzene rings is 3. The molecule has 3 aromatic rings. The van der Waals surface area contributed by atoms with E-state index in [1.165, 1.54) is 23.8 Å². The third-order valence-corrected chi connectivity index (χ3v) is 7.66. The van der Waals surface area contributed by atoms with Gasteiger partial charge in [-0.1, -0.05) is 60.7 Å². The van der Waals surface area contributed by atoms with Gasteiger partial charge in [0, 0.05) is 18.2 Å². The van der Waals surface area contributed by atoms with Crippen molar-refractivity contribution in [2.45, 2.75) is 41.7 Å². The third-order valence-electron chi connectivity index (χ3n) is 6.55. The molecule has 3 aromatic carbocycles. The summed E-state index contributed by atoms with van der Waals surface area (Å²) in [6.07, 6.45) is 6.46. The van der Waals surface area contributed by atoms with Crippen LogP contribution in [0.25, 0.3) is 6.08 Å². The Bertz CT molecular complexity index is 1300. The maximum Gasteiger partial charge on any atom is 1.00 e. The molecule has 182 valence electrons. The Morgan fingerprint density at radius 3 is 2.47 bits per heavy atom. The second kappa shape index (κ2) is 12.9. The summed E-state index contributed by atoms with van der Waals surface area (Å²) < 4.78 is 24.0. The molecule has 0 aliphatic carbocycles. The van der Waals surface area contributed by atoms with E-state index in [4.69, 9.17) is 0 Å². The van der Waals surface area contributed by atoms with E-state index >= 15 is 0 Å². The van der Waals surface area contributed by atoms with Crippen molar-refractivity contribution in [1.82, 2.24) is 5.32 Å². The first-order chi connectivity index (χ1) is 16.8. The normalized spacial score (nSPS) is 21.3. The molecule has 0 bridgehead atoms. The van der Waals surface area contributed by atoms with Gasteiger partial charge in [-0.3, -0.25) is 0 Å². The van der Waals surface area contributed by atoms with Crippen LogP contribution in [0.4, 0.5) is 0 Å². The zero-order chi connectivity index (χ0) is 24.9. The fourth-order valence-electron chi connectivity index (χ4n) is 4.94. The van der Waals surface area contributed by atoms with Crippen LogP contribution in [0.15, 0.2) is 89.3 Å². The zero-order valence-electron chi connectivity index (χ0n) is 20.6. The van der Waals surface area contributed by atoms with Crippen molar-refractivity contribution in [3.05, 3.63) is 107 Å². The Labute approximate surface area is 256 Å². The number of nitrogens with one attached hydrogen (secondary N) is 1. The topological polar surface area (TPSA) is 83.5 Å². The number of piperidine rings is 1. The standard InChI is InChI=1S/C29H29NO4S.K/c1-35(33,34)27-14-8-11-23(19-27)17-25(21-31)28(24-12-6-3-7-13-24)29(32)15-16-30-26(20-29)18-22-9-4-2-5-10-22;/h2-10,12-14,17,19,26,28,30,32H,15-16,18,20H2,1H3;/q-2;+1/b25-17+;. The molecule has 2 N–H and O–H groups in total. The van der Waals surface area contributed by atoms with Crippen molar-refractivity contribution in [1.29, 1.82) is 0 Å². The maximum absolute atomic E-state index is 12.3. The Morgan fingerprint density at radius 2 is 1.83 bits per heavy atom. The van der Waals surface area contributed by atoms with Crippen LogP contribution in [-0.2, 0) is 21.1 Å². The van der Waals surface area contributed by atoms with Crippen LogP contribution < -0.4 is 56.7 Å². The number of rotatable bonds is 8. The van der Waals surface area contributed by atoms with Gasteiger partial charge in [0.25, 0.3) is 0 Å². The van der Waals surface area contributed by atoms with Crippen LogP contribution in [-0.4, -0.2) is 44.3 Å². The largest absolute Gasteiger partial charge is 1.00 e. The van der Waals surface area contributed by atoms with E-state index in [0.29, 0.717) is 24.9 Å². The van der Waals surface area contributed by atoms with E-state index in [1.54, 1.807) is 6.08 Å². The molecule has 1 aliphatic rings. The third kappa shape index (κ3) is 7.33. The Morgan fingerprint density at radius 1 is 1.17 bits per heavy atom. The van der Waals surface area contributed by atoms with Gasteiger partial charge in [-0.2, -0.15) is 17.2 Å². The molecule has 5 nitrogen and oxygen atoms in total. The Hall–Kier alpha value is -1.42. The summed E-state index contributed by atoms with van der Waals surface area (Å²) in [6, 6.07) is 27.1. The predicted octanol–water partition coefficient (Wildman–Crippen LogP) is 0.897. The van der Waals surface area contributed by atoms with E-state index in [2.05, 4.69) is 29.8 Å². The van der Waals surface area contributed by atoms with Gasteiger partial charge in [0.05, 0.1) is 5.60 Å². The van der Waals surface area contributed by atoms with Gasteiger partial charge in [-0.25, -0.2) is 14.5 Å². The van der Waals surface area contributed by atoms with Crippen molar-refractivity contribution in [3.63, 3.8) is 0 Å². The molecule has 36 heavy (non-hydrogen) atoms. The molecule has 4 rings (SSSR count). The Kier molecular flexibility index (Phi) is 10.4. The average Bonchev–Trinajstić information content (AvgIpc) is 2.84. The summed E-state index contributed by atoms with van der Waals surface area (Å²) in [7, 11) is -3.42. The van der Waals surface area contributed by atoms with E-state index in [9.17, 15) is 18.3 Å². The second-order valence-electron chi connectivity index (χ2n) is 9.20. The number of hydrogen-bond acceptors (Lipinski definition) is 5. The van der Waals surface area contributed by atoms with Crippen molar-refractivity contribution in [2.75, 3.05) is 12.8 Å². The van der Waals surface area contributed by atoms with Crippen LogP contribution in [0, 0.1) is 6.07 Å². The molecule has 0 saturated carbocycles. The average molecular weight is 527 g/mol. The molecule has 1 aliphatic heterocycles. The SMILES string of the molecule is CS(=O)(=O)c1cc[c-]c(/C=C(\[C-]=O)C(c2ccccc2)C2(O)CCNC(Cc3ccccc3)C2)c1.[K+]. The predicted molar refractivity (Wildman–Crippen MR) is 137 cm³/mol. The van der Waals surface area contributed by atoms with E-state index in [0.717, 1.165) is 18.2 Å². The van der Waals surface area contributed by atoms with Crippen LogP contribution in [0.1, 0.15) is 35.4 Å². The summed E-state index contributed by atoms with van der Waals surface area (Å²) in [5, 5.41) is 15.5. The van der Waals surface area contributed by atoms with Crippen LogP contribution in [0.3, 0.4) is 0 Å². The first kappa shape index (κ1) is 29.1. The minimum atomic E-state index is -3.42. The number of aliphatic hydroxyl groups is 1. The fraction of sp³-hybridized carbons (Fsp3) is 0.276. The molecule has 0 aromatic heterocycles. The zero-order valence-corrected chi connectivity index (χ0v) is 24.6. The molecule has 0 amide bonds. The summed E-state index contributed by atoms with van der Waals surface area (Å²) in [5.74, 6) is -0.628. The molecule has 0 spiro atoms. The van der Waals surface area contributed by atoms with Crippen LogP contribution in [0.2, 0.25) is 0 Å². The number of carbonyl (C=O) groups excluding carboxylic acids is 1. The molecule has 3 atom stereocenters. The molecule has 1 heterocycles. The number of sulfone groups is 1. The van der Waals surface area contributed by atoms with Crippen molar-refractivity contribution in [3.8, 4) is 0 Å². The van der Waals surface area contributed by atoms with Crippen molar-refractivity contribution in [2.24, 2.45) is 0 Å². The molecule has 7 heteroatoms. The van der Waals surface area contributed by atoms with Gasteiger partial charge < -0.3 is 15.2 Å². The van der Waals surface area contributed by atoms with E-state index in [1.807, 2.05) is 48.5 Å². The van der Waals surface area contributed by atoms with E-state index < -0.39 is 21.4 Å². The summed E-state index contributed by atoms with van der Waals surface area (Å²) in [6.45, 7) is 0.610. The molecule has 3 unspecified atom stereocenters. The van der Waals surface area contributed by atoms with Gasteiger partial charge in [-0.05, 0) is 48.1 Å². The summed E-state index contributed by atoms with van der Waals surface area (Å²) in [4.78, 5) is 12.5. The monoisotopic (exact) mass is 526 g/mol. The van der Waals surface area contributed by atoms with E-state index in [-0.39, 0.29) is 67.9 Å². The van der Waals surface area contributed by atoms with Gasteiger partial charge in [-0.15, -0.1) is 18.2 Å². The minimum Gasteiger partial charge on any atom is -0.419 e. The van der Waals surface area contributed by atoms with Crippen LogP contribution >= 0.6 is 0 Å². The molecular formula is C29H29KNO4S-. The smallest absolute Gasteiger partial charge is 0.419 e. The summed E-state index contributed by atoms with van der Waals surface area (Å²) >= 11 is 0. The van der Waals surface area contributed by atoms with Crippen LogP contribution in [0.5, 0.6) is 0 Å². The molecule has 0 radical (unpaired) electrons. The first-order valence-electron chi connectivity index (χ1n) is 11.6. The van der Waals surface area contributed by atoms with Gasteiger partial charge >= 0.3 is 51.4 Å². The maximum atomic E-state index is 12.3. The number of hydrogen-bond donors (Lipinski definition) is 2. The molecule has 1 saturated heterocycles. The van der Waals surface area contributed by atoms with Gasteiger partial charge in [0.15, 0.2) is 9.84 Å². The first-order valence-corrected chi connectivity index (χ1v) is 13.5. The summed E-state index contributed by atoms with van der Waals surface area (Å²) in [5.41, 5.74) is 1.51. The fourth-order valence-corrected chi connectivity index (χ4v) is 5.60. The molecular weight excluding hydrogens is 497 g/mol. The van der Waals surface area contributed by atoms with Crippen molar-refractivity contribution < 1.29 is 69.7 Å². The molecule has 1 fully saturated rings. The Balaban J connectivity index is 0.00000361. The second-order valence-corrected chi connectivity index (χ2v) is 11.2. The minimum absolute atomic E-state index is 0. The van der Waals surface area contributed by atoms with Gasteiger partial charge in [0.1, 0.15) is 0 Å². The quantitative estimate of drug-likeness (QED) is 0.259. The van der Waals surface area contributed by atoms with Gasteiger partial charge in [0.2, 0.25) is 0 Å².